The maximum absolute atomic E-state index is 4.65. The molecular formula is C34H22N4PtS. The van der Waals surface area contributed by atoms with Crippen molar-refractivity contribution in [2.75, 3.05) is 9.80 Å². The van der Waals surface area contributed by atoms with Crippen LogP contribution in [-0.2, 0) is 21.1 Å². The minimum absolute atomic E-state index is 0. The second-order valence-corrected chi connectivity index (χ2v) is 10.1. The summed E-state index contributed by atoms with van der Waals surface area (Å²) in [7, 11) is 0. The van der Waals surface area contributed by atoms with Gasteiger partial charge in [0.1, 0.15) is 11.6 Å². The first-order valence-electron chi connectivity index (χ1n) is 12.7. The van der Waals surface area contributed by atoms with Gasteiger partial charge >= 0.3 is 21.1 Å². The zero-order valence-corrected chi connectivity index (χ0v) is 24.3. The zero-order valence-electron chi connectivity index (χ0n) is 21.2. The average molecular weight is 714 g/mol. The number of thiophene rings is 1. The van der Waals surface area contributed by atoms with Crippen molar-refractivity contribution in [3.05, 3.63) is 146 Å². The standard InChI is InChI=1S/C34H22N4S.Pt/c1-3-11-25(12-4-1)37(33-15-7-9-21-35-33)27-17-19-31-29(23-27)30-24-28(18-20-32(30)39-31)38(26-13-5-2-6-14-26)34-16-8-10-22-36-34;/h1-22H;/q-2;+2. The monoisotopic (exact) mass is 713 g/mol. The van der Waals surface area contributed by atoms with Gasteiger partial charge in [-0.05, 0) is 59.9 Å². The van der Waals surface area contributed by atoms with Crippen LogP contribution in [0.2, 0.25) is 0 Å². The van der Waals surface area contributed by atoms with E-state index in [-0.39, 0.29) is 21.1 Å². The Balaban J connectivity index is 0.00000289. The van der Waals surface area contributed by atoms with E-state index in [2.05, 4.69) is 80.4 Å². The van der Waals surface area contributed by atoms with E-state index in [4.69, 9.17) is 0 Å². The molecule has 0 aliphatic rings. The molecular weight excluding hydrogens is 692 g/mol. The normalized spacial score (nSPS) is 10.8. The number of para-hydroxylation sites is 2. The van der Waals surface area contributed by atoms with Crippen molar-refractivity contribution in [2.45, 2.75) is 0 Å². The molecule has 0 unspecified atom stereocenters. The summed E-state index contributed by atoms with van der Waals surface area (Å²) in [6, 6.07) is 48.5. The first-order valence-corrected chi connectivity index (χ1v) is 13.5. The summed E-state index contributed by atoms with van der Waals surface area (Å²) in [6.45, 7) is 0. The van der Waals surface area contributed by atoms with Gasteiger partial charge in [-0.1, -0.05) is 48.5 Å². The smallest absolute Gasteiger partial charge is 0.314 e. The summed E-state index contributed by atoms with van der Waals surface area (Å²) in [4.78, 5) is 13.6. The molecule has 7 aromatic rings. The molecule has 0 fully saturated rings. The third kappa shape index (κ3) is 4.90. The number of hydrogen-bond acceptors (Lipinski definition) is 5. The predicted molar refractivity (Wildman–Crippen MR) is 162 cm³/mol. The molecule has 194 valence electrons. The van der Waals surface area contributed by atoms with E-state index in [0.29, 0.717) is 0 Å². The van der Waals surface area contributed by atoms with Crippen molar-refractivity contribution in [3.63, 3.8) is 0 Å². The summed E-state index contributed by atoms with van der Waals surface area (Å²) in [5.74, 6) is 1.68. The molecule has 40 heavy (non-hydrogen) atoms. The summed E-state index contributed by atoms with van der Waals surface area (Å²) in [6.07, 6.45) is 3.64. The molecule has 0 bridgehead atoms. The number of fused-ring (bicyclic) bond motifs is 3. The molecule has 7 rings (SSSR count). The quantitative estimate of drug-likeness (QED) is 0.161. The van der Waals surface area contributed by atoms with Crippen molar-refractivity contribution in [1.82, 2.24) is 9.97 Å². The van der Waals surface area contributed by atoms with Crippen LogP contribution in [-0.4, -0.2) is 9.97 Å². The van der Waals surface area contributed by atoms with E-state index in [1.165, 1.54) is 9.40 Å². The first-order chi connectivity index (χ1) is 19.3. The van der Waals surface area contributed by atoms with E-state index in [9.17, 15) is 0 Å². The van der Waals surface area contributed by atoms with Gasteiger partial charge in [0, 0.05) is 23.8 Å². The number of rotatable bonds is 6. The van der Waals surface area contributed by atoms with Crippen LogP contribution in [0.4, 0.5) is 34.4 Å². The van der Waals surface area contributed by atoms with Crippen LogP contribution < -0.4 is 9.80 Å². The molecule has 0 radical (unpaired) electrons. The number of benzene rings is 4. The van der Waals surface area contributed by atoms with Crippen molar-refractivity contribution in [3.8, 4) is 0 Å². The fourth-order valence-electron chi connectivity index (χ4n) is 4.78. The largest absolute Gasteiger partial charge is 2.00 e. The fourth-order valence-corrected chi connectivity index (χ4v) is 5.79. The molecule has 4 aromatic carbocycles. The third-order valence-corrected chi connectivity index (χ3v) is 7.64. The van der Waals surface area contributed by atoms with Gasteiger partial charge in [0.2, 0.25) is 0 Å². The van der Waals surface area contributed by atoms with Crippen molar-refractivity contribution in [1.29, 1.82) is 0 Å². The SMILES string of the molecule is [Pt+2].[c-]1c(N(c2ccccc2)c2ccccn2)ccc2sc3ccc(N(c4ccccc4)c4ccccn4)[c-]c3c12. The topological polar surface area (TPSA) is 32.3 Å². The Labute approximate surface area is 251 Å². The van der Waals surface area contributed by atoms with Crippen LogP contribution in [0.25, 0.3) is 20.2 Å². The van der Waals surface area contributed by atoms with Crippen LogP contribution in [0.5, 0.6) is 0 Å². The van der Waals surface area contributed by atoms with Crippen LogP contribution in [0.3, 0.4) is 0 Å². The number of aromatic nitrogens is 2. The van der Waals surface area contributed by atoms with Gasteiger partial charge in [-0.2, -0.15) is 12.1 Å². The number of nitrogens with zero attached hydrogens (tertiary/aromatic N) is 4. The number of pyridine rings is 2. The van der Waals surface area contributed by atoms with E-state index in [1.54, 1.807) is 11.3 Å². The van der Waals surface area contributed by atoms with Crippen molar-refractivity contribution >= 4 is 65.9 Å². The molecule has 0 N–H and O–H groups in total. The molecule has 0 atom stereocenters. The van der Waals surface area contributed by atoms with Crippen molar-refractivity contribution < 1.29 is 21.1 Å². The second kappa shape index (κ2) is 11.4. The summed E-state index contributed by atoms with van der Waals surface area (Å²) in [5.41, 5.74) is 3.91. The Bertz CT molecular complexity index is 1640. The third-order valence-electron chi connectivity index (χ3n) is 6.52. The maximum atomic E-state index is 4.65. The van der Waals surface area contributed by atoms with Crippen LogP contribution in [0.1, 0.15) is 0 Å². The summed E-state index contributed by atoms with van der Waals surface area (Å²) in [5, 5.41) is 2.08. The minimum Gasteiger partial charge on any atom is -0.314 e. The van der Waals surface area contributed by atoms with E-state index < -0.39 is 0 Å². The second-order valence-electron chi connectivity index (χ2n) is 8.99. The number of hydrogen-bond donors (Lipinski definition) is 0. The van der Waals surface area contributed by atoms with Gasteiger partial charge in [0.25, 0.3) is 0 Å². The molecule has 0 aliphatic heterocycles. The average Bonchev–Trinajstić information content (AvgIpc) is 3.37. The van der Waals surface area contributed by atoms with Gasteiger partial charge in [-0.3, -0.25) is 11.3 Å². The van der Waals surface area contributed by atoms with Gasteiger partial charge < -0.3 is 9.80 Å². The van der Waals surface area contributed by atoms with E-state index in [1.807, 2.05) is 85.2 Å². The molecule has 0 saturated carbocycles. The molecule has 3 aromatic heterocycles. The molecule has 0 saturated heterocycles. The first kappa shape index (κ1) is 25.9. The van der Waals surface area contributed by atoms with Crippen LogP contribution >= 0.6 is 11.3 Å². The van der Waals surface area contributed by atoms with Crippen LogP contribution in [0.15, 0.2) is 134 Å². The molecule has 0 spiro atoms. The Morgan fingerprint density at radius 1 is 0.475 bits per heavy atom. The van der Waals surface area contributed by atoms with Gasteiger partial charge in [0.05, 0.1) is 0 Å². The molecule has 0 aliphatic carbocycles. The predicted octanol–water partition coefficient (Wildman–Crippen LogP) is 9.38. The molecule has 0 amide bonds. The molecule has 6 heteroatoms. The molecule has 3 heterocycles. The Morgan fingerprint density at radius 3 is 1.30 bits per heavy atom. The molecule has 4 nitrogen and oxygen atoms in total. The Kier molecular flexibility index (Phi) is 7.41. The van der Waals surface area contributed by atoms with Crippen LogP contribution in [0, 0.1) is 12.1 Å². The van der Waals surface area contributed by atoms with Crippen molar-refractivity contribution in [2.24, 2.45) is 0 Å². The van der Waals surface area contributed by atoms with Gasteiger partial charge in [0.15, 0.2) is 0 Å². The maximum Gasteiger partial charge on any atom is 2.00 e. The summed E-state index contributed by atoms with van der Waals surface area (Å²) < 4.78 is 2.33. The van der Waals surface area contributed by atoms with E-state index >= 15 is 0 Å². The minimum atomic E-state index is 0. The number of anilines is 6. The fraction of sp³-hybridized carbons (Fsp3) is 0. The van der Waals surface area contributed by atoms with E-state index in [0.717, 1.165) is 45.2 Å². The Morgan fingerprint density at radius 2 is 0.900 bits per heavy atom. The van der Waals surface area contributed by atoms with Gasteiger partial charge in [-0.15, -0.1) is 33.7 Å². The summed E-state index contributed by atoms with van der Waals surface area (Å²) >= 11 is 1.75. The zero-order chi connectivity index (χ0) is 26.0. The van der Waals surface area contributed by atoms with Gasteiger partial charge in [-0.25, -0.2) is 20.7 Å². The Hall–Kier alpha value is -4.31.